The highest BCUT2D eigenvalue weighted by Gasteiger charge is 2.56. The number of carbonyl (C=O) groups is 6. The predicted octanol–water partition coefficient (Wildman–Crippen LogP) is 18.7. The molecular formula is C101H127F13N12O13. The number of likely N-dealkylation sites (tertiary alicyclic amines) is 4. The quantitative estimate of drug-likeness (QED) is 0.0623. The Morgan fingerprint density at radius 2 is 0.849 bits per heavy atom. The van der Waals surface area contributed by atoms with E-state index in [1.54, 1.807) is 105 Å². The van der Waals surface area contributed by atoms with E-state index in [-0.39, 0.29) is 119 Å². The molecule has 4 saturated heterocycles. The summed E-state index contributed by atoms with van der Waals surface area (Å²) in [6.45, 7) is 29.3. The minimum atomic E-state index is -4.47. The van der Waals surface area contributed by atoms with Crippen LogP contribution in [0, 0.1) is 18.7 Å². The number of esters is 1. The number of benzene rings is 4. The molecule has 1 N–H and O–H groups in total. The van der Waals surface area contributed by atoms with Crippen molar-refractivity contribution >= 4 is 35.5 Å². The van der Waals surface area contributed by atoms with E-state index < -0.39 is 87.3 Å². The summed E-state index contributed by atoms with van der Waals surface area (Å²) in [7, 11) is 5.01. The van der Waals surface area contributed by atoms with Gasteiger partial charge in [0.15, 0.2) is 23.0 Å². The van der Waals surface area contributed by atoms with Gasteiger partial charge in [-0.2, -0.15) is 52.7 Å². The van der Waals surface area contributed by atoms with Gasteiger partial charge in [-0.05, 0) is 255 Å². The minimum absolute atomic E-state index is 0. The molecule has 5 amide bonds. The van der Waals surface area contributed by atoms with E-state index in [4.69, 9.17) is 33.2 Å². The number of likely N-dealkylation sites (N-methyl/N-ethyl adjacent to an activating group) is 1. The van der Waals surface area contributed by atoms with Crippen LogP contribution in [0.25, 0.3) is 0 Å². The van der Waals surface area contributed by atoms with Crippen LogP contribution in [0.5, 0.6) is 34.5 Å². The maximum absolute atomic E-state index is 14.6. The lowest BCUT2D eigenvalue weighted by molar-refractivity contribution is -0.150. The molecular weight excluding hydrogens is 1840 g/mol. The van der Waals surface area contributed by atoms with Crippen molar-refractivity contribution in [3.05, 3.63) is 201 Å². The number of halogens is 13. The van der Waals surface area contributed by atoms with Crippen LogP contribution in [0.1, 0.15) is 228 Å². The molecule has 12 heterocycles. The average Bonchev–Trinajstić information content (AvgIpc) is 1.60. The van der Waals surface area contributed by atoms with Gasteiger partial charge in [0.1, 0.15) is 40.1 Å². The van der Waals surface area contributed by atoms with E-state index in [2.05, 4.69) is 10.2 Å². The van der Waals surface area contributed by atoms with Gasteiger partial charge in [0.05, 0.1) is 79.5 Å². The lowest BCUT2D eigenvalue weighted by Gasteiger charge is -2.54. The van der Waals surface area contributed by atoms with Gasteiger partial charge in [0.25, 0.3) is 23.6 Å². The Morgan fingerprint density at radius 1 is 0.432 bits per heavy atom. The first-order chi connectivity index (χ1) is 65.5. The molecule has 139 heavy (non-hydrogen) atoms. The number of alkyl halides is 12. The maximum atomic E-state index is 14.6. The minimum Gasteiger partial charge on any atom is -0.493 e. The van der Waals surface area contributed by atoms with Crippen molar-refractivity contribution in [2.45, 2.75) is 245 Å². The first-order valence-electron chi connectivity index (χ1n) is 47.4. The molecule has 0 saturated carbocycles. The van der Waals surface area contributed by atoms with E-state index in [0.717, 1.165) is 29.5 Å². The van der Waals surface area contributed by atoms with Crippen molar-refractivity contribution in [1.82, 2.24) is 57.9 Å². The number of carbonyl (C=O) groups excluding carboxylic acids is 6. The Bertz CT molecular complexity index is 5740. The normalized spacial score (nSPS) is 19.6. The van der Waals surface area contributed by atoms with Crippen molar-refractivity contribution in [2.24, 2.45) is 5.92 Å². The van der Waals surface area contributed by atoms with Crippen LogP contribution < -0.4 is 33.7 Å². The number of fused-ring (bicyclic) bond motifs is 8. The molecule has 1 unspecified atom stereocenters. The van der Waals surface area contributed by atoms with Crippen LogP contribution in [0.4, 0.5) is 57.1 Å². The van der Waals surface area contributed by atoms with Crippen LogP contribution in [-0.4, -0.2) is 225 Å². The molecule has 760 valence electrons. The second-order valence-corrected chi connectivity index (χ2v) is 37.9. The molecule has 8 aromatic rings. The van der Waals surface area contributed by atoms with Crippen LogP contribution >= 0.6 is 0 Å². The van der Waals surface area contributed by atoms with Crippen molar-refractivity contribution in [3.8, 4) is 34.5 Å². The molecule has 8 aliphatic rings. The van der Waals surface area contributed by atoms with Crippen LogP contribution in [0.3, 0.4) is 0 Å². The highest BCUT2D eigenvalue weighted by Crippen LogP contribution is 2.52. The number of amides is 5. The fraction of sp³-hybridized carbons (Fsp3) is 0.545. The van der Waals surface area contributed by atoms with Gasteiger partial charge in [-0.3, -0.25) is 38.6 Å². The number of aryl methyl sites for hydroxylation is 1. The van der Waals surface area contributed by atoms with Gasteiger partial charge in [-0.1, -0.05) is 13.8 Å². The molecule has 8 aliphatic heterocycles. The zero-order valence-electron chi connectivity index (χ0n) is 81.3. The molecule has 4 spiro atoms. The number of piperidine rings is 4. The summed E-state index contributed by atoms with van der Waals surface area (Å²) in [5.41, 5.74) is -0.900. The topological polar surface area (TPSA) is 221 Å². The standard InChI is InChI=1S/C27H34F3N3O4.C26H32F3N3O4.C25H32F3N3O3.C23H27F4N3O2.H2/c1-5-36-24(34)17-32-14-15-33-22(8-9-23(33)27(28,29)30)26(32)10-12-31(13-11-26)25(35)20-6-7-21(19(4)16-20)37-18(2)3;1-5-23(33)32-15-14-31-21(8-9-22(31)26(27,28)29)25(32)10-12-30(13-11-25)24(34)18-6-7-19(36-17(2)3)20(16-18)35-4;1-16(2)34-19-7-6-18(14-20(19)33-5)23(32)30-11-10-24(17(3)15-30)21-8-9-22(25(26,27)28)31(21)13-12-29(24)4;1-14(2)32-16-4-5-17(18(24)12-16)21(31)29-10-8-22(9-11-29)19-6-7-20(23(25,26)27)30(19)13-15(3)28-22;/h6-9,16,18H,5,10-15,17H2,1-4H3;6-9,16-17H,5,10-15H2,1-4H3;6-9,14,16-17H,10-13,15H2,1-5H3;4-7,12,14-15,28H,8-11,13H2,1-3H3;1H/t;;17-,24-;;/m..0../s1. The highest BCUT2D eigenvalue weighted by molar-refractivity contribution is 5.97. The molecule has 0 aliphatic carbocycles. The van der Waals surface area contributed by atoms with Crippen molar-refractivity contribution in [1.29, 1.82) is 0 Å². The fourth-order valence-corrected chi connectivity index (χ4v) is 21.4. The number of ether oxygens (including phenoxy) is 7. The number of hydrogen-bond acceptors (Lipinski definition) is 16. The zero-order valence-corrected chi connectivity index (χ0v) is 81.3. The summed E-state index contributed by atoms with van der Waals surface area (Å²) < 4.78 is 222. The number of nitrogens with zero attached hydrogens (tertiary/aromatic N) is 11. The molecule has 25 nitrogen and oxygen atoms in total. The van der Waals surface area contributed by atoms with Gasteiger partial charge in [-0.15, -0.1) is 0 Å². The highest BCUT2D eigenvalue weighted by atomic mass is 19.4. The first-order valence-corrected chi connectivity index (χ1v) is 47.4. The summed E-state index contributed by atoms with van der Waals surface area (Å²) in [5.74, 6) is 1.04. The van der Waals surface area contributed by atoms with Gasteiger partial charge in [0.2, 0.25) is 5.91 Å². The molecule has 16 rings (SSSR count). The number of rotatable bonds is 18. The van der Waals surface area contributed by atoms with Crippen LogP contribution in [-0.2, 0) is 87.4 Å². The third-order valence-corrected chi connectivity index (χ3v) is 27.7. The summed E-state index contributed by atoms with van der Waals surface area (Å²) >= 11 is 0. The largest absolute Gasteiger partial charge is 0.493 e. The monoisotopic (exact) mass is 1960 g/mol. The summed E-state index contributed by atoms with van der Waals surface area (Å²) in [5, 5.41) is 3.47. The third kappa shape index (κ3) is 21.9. The number of aromatic nitrogens is 4. The lowest BCUT2D eigenvalue weighted by Crippen LogP contribution is -2.61. The molecule has 4 aromatic carbocycles. The molecule has 0 bridgehead atoms. The molecule has 4 aromatic heterocycles. The van der Waals surface area contributed by atoms with Crippen molar-refractivity contribution < 1.29 is 120 Å². The Balaban J connectivity index is 0.000000167. The Morgan fingerprint density at radius 3 is 1.32 bits per heavy atom. The van der Waals surface area contributed by atoms with Gasteiger partial charge >= 0.3 is 30.7 Å². The molecule has 4 fully saturated rings. The third-order valence-electron chi connectivity index (χ3n) is 27.7. The lowest BCUT2D eigenvalue weighted by atomic mass is 9.74. The van der Waals surface area contributed by atoms with E-state index in [9.17, 15) is 85.8 Å². The average molecular weight is 1960 g/mol. The van der Waals surface area contributed by atoms with Crippen molar-refractivity contribution in [2.75, 3.05) is 106 Å². The van der Waals surface area contributed by atoms with Gasteiger partial charge in [-0.25, -0.2) is 4.39 Å². The SMILES string of the molecule is CC1Cn2c(C(F)(F)F)ccc2C2(CCN(C(=O)c3ccc(OC(C)C)cc3F)CC2)N1.CCC(=O)N1CCn2c(C(F)(F)F)ccc2C12CCN(C(=O)c1ccc(OC(C)C)c(OC)c1)CC2.CCOC(=O)CN1CCn2c(C(F)(F)F)ccc2C12CCN(C(=O)c1ccc(OC(C)C)c(C)c1)CC2.COc1cc(C(=O)N2CC[C@@]3(c4ccc(C(F)(F)F)n4CCN3C)[C@@H](C)C2)ccc1OC(C)C.[HH]. The van der Waals surface area contributed by atoms with Crippen LogP contribution in [0.2, 0.25) is 0 Å². The number of methoxy groups -OCH3 is 2. The second-order valence-electron chi connectivity index (χ2n) is 37.9. The van der Waals surface area contributed by atoms with Gasteiger partial charge < -0.3 is 81.2 Å². The molecule has 3 atom stereocenters. The summed E-state index contributed by atoms with van der Waals surface area (Å²) in [6, 6.07) is 30.2. The second kappa shape index (κ2) is 41.8. The fourth-order valence-electron chi connectivity index (χ4n) is 21.4. The predicted molar refractivity (Wildman–Crippen MR) is 494 cm³/mol. The van der Waals surface area contributed by atoms with E-state index in [1.165, 1.54) is 68.9 Å². The summed E-state index contributed by atoms with van der Waals surface area (Å²) in [4.78, 5) is 90.8. The maximum Gasteiger partial charge on any atom is 0.431 e. The number of hydrogen-bond donors (Lipinski definition) is 1. The van der Waals surface area contributed by atoms with E-state index in [0.29, 0.717) is 179 Å². The Labute approximate surface area is 802 Å². The molecule has 0 radical (unpaired) electrons. The van der Waals surface area contributed by atoms with Crippen LogP contribution in [0.15, 0.2) is 121 Å². The van der Waals surface area contributed by atoms with Gasteiger partial charge in [0, 0.05) is 158 Å². The Hall–Kier alpha value is -11.4. The van der Waals surface area contributed by atoms with Crippen molar-refractivity contribution in [3.63, 3.8) is 0 Å². The number of nitrogens with one attached hydrogen (secondary N) is 1. The Kier molecular flexibility index (Phi) is 31.5. The molecule has 38 heteroatoms. The van der Waals surface area contributed by atoms with E-state index in [1.807, 2.05) is 88.1 Å². The first kappa shape index (κ1) is 105. The summed E-state index contributed by atoms with van der Waals surface area (Å²) in [6.07, 6.45) is -14.7. The van der Waals surface area contributed by atoms with E-state index >= 15 is 0 Å². The zero-order chi connectivity index (χ0) is 101. The smallest absolute Gasteiger partial charge is 0.431 e.